The fourth-order valence-corrected chi connectivity index (χ4v) is 1.85. The van der Waals surface area contributed by atoms with E-state index in [1.54, 1.807) is 0 Å². The Morgan fingerprint density at radius 3 is 2.93 bits per heavy atom. The molecule has 2 nitrogen and oxygen atoms in total. The van der Waals surface area contributed by atoms with Crippen LogP contribution < -0.4 is 10.1 Å². The fourth-order valence-electron chi connectivity index (χ4n) is 1.85. The molecule has 1 aliphatic rings. The largest absolute Gasteiger partial charge is 0.458 e. The molecular formula is C12H16FNO. The molecule has 0 bridgehead atoms. The van der Waals surface area contributed by atoms with E-state index in [0.29, 0.717) is 5.75 Å². The van der Waals surface area contributed by atoms with E-state index in [4.69, 9.17) is 4.74 Å². The molecule has 0 amide bonds. The van der Waals surface area contributed by atoms with E-state index in [1.807, 2.05) is 12.1 Å². The van der Waals surface area contributed by atoms with Crippen LogP contribution in [0.4, 0.5) is 4.39 Å². The van der Waals surface area contributed by atoms with Crippen LogP contribution in [0.5, 0.6) is 5.75 Å². The standard InChI is InChI=1S/C12H16FNO/c1-12(2,13)15-11-5-3-4-9-8-14-7-6-10(9)11/h3-5,14H,6-8H2,1-2H3. The molecule has 1 aromatic carbocycles. The maximum atomic E-state index is 13.4. The third-order valence-corrected chi connectivity index (χ3v) is 2.45. The zero-order chi connectivity index (χ0) is 10.9. The number of fused-ring (bicyclic) bond motifs is 1. The number of halogens is 1. The molecule has 1 heterocycles. The van der Waals surface area contributed by atoms with Crippen LogP contribution in [0.1, 0.15) is 25.0 Å². The van der Waals surface area contributed by atoms with Crippen LogP contribution in [0.25, 0.3) is 0 Å². The SMILES string of the molecule is CC(C)(F)Oc1cccc2c1CCNC2. The lowest BCUT2D eigenvalue weighted by Gasteiger charge is -2.24. The first kappa shape index (κ1) is 10.4. The Bertz CT molecular complexity index is 357. The number of hydrogen-bond donors (Lipinski definition) is 1. The number of benzene rings is 1. The topological polar surface area (TPSA) is 21.3 Å². The first-order valence-electron chi connectivity index (χ1n) is 5.26. The van der Waals surface area contributed by atoms with Crippen LogP contribution in [0.2, 0.25) is 0 Å². The normalized spacial score (nSPS) is 15.9. The van der Waals surface area contributed by atoms with Crippen molar-refractivity contribution < 1.29 is 9.13 Å². The molecule has 0 fully saturated rings. The predicted molar refractivity (Wildman–Crippen MR) is 57.7 cm³/mol. The maximum absolute atomic E-state index is 13.4. The van der Waals surface area contributed by atoms with Gasteiger partial charge >= 0.3 is 0 Å². The summed E-state index contributed by atoms with van der Waals surface area (Å²) in [5.41, 5.74) is 2.35. The summed E-state index contributed by atoms with van der Waals surface area (Å²) in [6.45, 7) is 4.63. The quantitative estimate of drug-likeness (QED) is 0.807. The zero-order valence-corrected chi connectivity index (χ0v) is 9.14. The van der Waals surface area contributed by atoms with Crippen molar-refractivity contribution in [1.29, 1.82) is 0 Å². The highest BCUT2D eigenvalue weighted by Crippen LogP contribution is 2.28. The average molecular weight is 209 g/mol. The molecule has 2 rings (SSSR count). The molecule has 82 valence electrons. The zero-order valence-electron chi connectivity index (χ0n) is 9.14. The van der Waals surface area contributed by atoms with Crippen molar-refractivity contribution in [3.63, 3.8) is 0 Å². The lowest BCUT2D eigenvalue weighted by molar-refractivity contribution is -0.0265. The van der Waals surface area contributed by atoms with Crippen LogP contribution in [-0.2, 0) is 13.0 Å². The third-order valence-electron chi connectivity index (χ3n) is 2.45. The van der Waals surface area contributed by atoms with E-state index in [-0.39, 0.29) is 0 Å². The van der Waals surface area contributed by atoms with Crippen molar-refractivity contribution in [3.05, 3.63) is 29.3 Å². The maximum Gasteiger partial charge on any atom is 0.242 e. The van der Waals surface area contributed by atoms with Gasteiger partial charge in [0, 0.05) is 26.0 Å². The Morgan fingerprint density at radius 2 is 2.20 bits per heavy atom. The average Bonchev–Trinajstić information content (AvgIpc) is 2.16. The van der Waals surface area contributed by atoms with Crippen molar-refractivity contribution in [2.75, 3.05) is 6.54 Å². The Balaban J connectivity index is 2.31. The highest BCUT2D eigenvalue weighted by Gasteiger charge is 2.21. The second-order valence-electron chi connectivity index (χ2n) is 4.29. The Labute approximate surface area is 89.4 Å². The van der Waals surface area contributed by atoms with Gasteiger partial charge in [0.15, 0.2) is 0 Å². The molecule has 3 heteroatoms. The summed E-state index contributed by atoms with van der Waals surface area (Å²) in [6.07, 6.45) is 0.904. The van der Waals surface area contributed by atoms with Crippen molar-refractivity contribution in [1.82, 2.24) is 5.32 Å². The molecule has 1 N–H and O–H groups in total. The molecule has 0 radical (unpaired) electrons. The lowest BCUT2D eigenvalue weighted by atomic mass is 10.00. The molecule has 0 atom stereocenters. The van der Waals surface area contributed by atoms with Gasteiger partial charge in [0.1, 0.15) is 5.75 Å². The smallest absolute Gasteiger partial charge is 0.242 e. The summed E-state index contributed by atoms with van der Waals surface area (Å²) in [7, 11) is 0. The van der Waals surface area contributed by atoms with Gasteiger partial charge in [-0.15, -0.1) is 0 Å². The highest BCUT2D eigenvalue weighted by molar-refractivity contribution is 5.41. The summed E-state index contributed by atoms with van der Waals surface area (Å²) < 4.78 is 18.7. The molecule has 0 aliphatic carbocycles. The molecule has 1 aromatic rings. The van der Waals surface area contributed by atoms with Crippen molar-refractivity contribution >= 4 is 0 Å². The Hall–Kier alpha value is -1.09. The Kier molecular flexibility index (Phi) is 2.65. The van der Waals surface area contributed by atoms with E-state index in [1.165, 1.54) is 19.4 Å². The van der Waals surface area contributed by atoms with Crippen molar-refractivity contribution in [3.8, 4) is 5.75 Å². The van der Waals surface area contributed by atoms with Gasteiger partial charge in [-0.25, -0.2) is 0 Å². The van der Waals surface area contributed by atoms with Gasteiger partial charge in [0.05, 0.1) is 0 Å². The summed E-state index contributed by atoms with van der Waals surface area (Å²) in [5.74, 6) is -0.929. The van der Waals surface area contributed by atoms with E-state index >= 15 is 0 Å². The van der Waals surface area contributed by atoms with Gasteiger partial charge in [-0.2, -0.15) is 4.39 Å². The highest BCUT2D eigenvalue weighted by atomic mass is 19.2. The van der Waals surface area contributed by atoms with Gasteiger partial charge in [0.25, 0.3) is 0 Å². The monoisotopic (exact) mass is 209 g/mol. The summed E-state index contributed by atoms with van der Waals surface area (Å²) >= 11 is 0. The van der Waals surface area contributed by atoms with Gasteiger partial charge in [0.2, 0.25) is 5.85 Å². The number of ether oxygens (including phenoxy) is 1. The van der Waals surface area contributed by atoms with Gasteiger partial charge in [-0.3, -0.25) is 0 Å². The minimum atomic E-state index is -1.61. The van der Waals surface area contributed by atoms with E-state index in [2.05, 4.69) is 11.4 Å². The first-order valence-corrected chi connectivity index (χ1v) is 5.26. The minimum absolute atomic E-state index is 0.682. The lowest BCUT2D eigenvalue weighted by Crippen LogP contribution is -2.26. The molecule has 0 unspecified atom stereocenters. The number of hydrogen-bond acceptors (Lipinski definition) is 2. The van der Waals surface area contributed by atoms with E-state index in [9.17, 15) is 4.39 Å². The van der Waals surface area contributed by atoms with Crippen LogP contribution in [0, 0.1) is 0 Å². The van der Waals surface area contributed by atoms with Crippen molar-refractivity contribution in [2.45, 2.75) is 32.7 Å². The number of alkyl halides is 1. The third kappa shape index (κ3) is 2.48. The van der Waals surface area contributed by atoms with Crippen LogP contribution >= 0.6 is 0 Å². The van der Waals surface area contributed by atoms with Crippen LogP contribution in [-0.4, -0.2) is 12.4 Å². The fraction of sp³-hybridized carbons (Fsp3) is 0.500. The van der Waals surface area contributed by atoms with E-state index in [0.717, 1.165) is 25.1 Å². The van der Waals surface area contributed by atoms with Crippen molar-refractivity contribution in [2.24, 2.45) is 0 Å². The van der Waals surface area contributed by atoms with Crippen LogP contribution in [0.15, 0.2) is 18.2 Å². The minimum Gasteiger partial charge on any atom is -0.458 e. The summed E-state index contributed by atoms with van der Waals surface area (Å²) in [6, 6.07) is 5.80. The molecule has 1 aliphatic heterocycles. The second kappa shape index (κ2) is 3.81. The number of nitrogens with one attached hydrogen (secondary N) is 1. The predicted octanol–water partition coefficient (Wildman–Crippen LogP) is 2.42. The van der Waals surface area contributed by atoms with Gasteiger partial charge < -0.3 is 10.1 Å². The van der Waals surface area contributed by atoms with Crippen LogP contribution in [0.3, 0.4) is 0 Å². The summed E-state index contributed by atoms with van der Waals surface area (Å²) in [5, 5.41) is 3.28. The molecule has 0 spiro atoms. The van der Waals surface area contributed by atoms with Gasteiger partial charge in [-0.05, 0) is 24.6 Å². The van der Waals surface area contributed by atoms with Gasteiger partial charge in [-0.1, -0.05) is 12.1 Å². The first-order chi connectivity index (χ1) is 7.06. The second-order valence-corrected chi connectivity index (χ2v) is 4.29. The molecule has 0 aromatic heterocycles. The molecular weight excluding hydrogens is 193 g/mol. The van der Waals surface area contributed by atoms with E-state index < -0.39 is 5.85 Å². The summed E-state index contributed by atoms with van der Waals surface area (Å²) in [4.78, 5) is 0. The molecule has 0 saturated carbocycles. The number of rotatable bonds is 2. The Morgan fingerprint density at radius 1 is 1.40 bits per heavy atom. The molecule has 15 heavy (non-hydrogen) atoms. The molecule has 0 saturated heterocycles.